The number of aliphatic hydroxyl groups is 1. The molecule has 4 nitrogen and oxygen atoms in total. The fraction of sp³-hybridized carbons (Fsp3) is 0.250. The van der Waals surface area contributed by atoms with Gasteiger partial charge in [0.1, 0.15) is 6.61 Å². The number of rotatable bonds is 9. The van der Waals surface area contributed by atoms with Gasteiger partial charge >= 0.3 is 0 Å². The van der Waals surface area contributed by atoms with Crippen molar-refractivity contribution in [3.05, 3.63) is 93.5 Å². The van der Waals surface area contributed by atoms with Crippen LogP contribution in [0.5, 0.6) is 11.5 Å². The van der Waals surface area contributed by atoms with E-state index in [1.165, 1.54) is 5.56 Å². The van der Waals surface area contributed by atoms with E-state index in [4.69, 9.17) is 9.47 Å². The number of benzene rings is 3. The molecule has 0 fully saturated rings. The Morgan fingerprint density at radius 3 is 2.37 bits per heavy atom. The summed E-state index contributed by atoms with van der Waals surface area (Å²) in [6, 6.07) is 21.9. The molecule has 0 aliphatic rings. The maximum atomic E-state index is 10.3. The first-order valence-electron chi connectivity index (χ1n) is 9.55. The van der Waals surface area contributed by atoms with E-state index in [0.29, 0.717) is 31.2 Å². The molecule has 0 spiro atoms. The van der Waals surface area contributed by atoms with Gasteiger partial charge in [0.05, 0.1) is 17.7 Å². The lowest BCUT2D eigenvalue weighted by atomic mass is 10.1. The molecule has 3 aromatic rings. The summed E-state index contributed by atoms with van der Waals surface area (Å²) in [5.41, 5.74) is 4.27. The number of aliphatic hydroxyl groups excluding tert-OH is 1. The summed E-state index contributed by atoms with van der Waals surface area (Å²) in [5.74, 6) is 1.35. The average molecular weight is 493 g/mol. The van der Waals surface area contributed by atoms with E-state index in [0.717, 1.165) is 21.2 Å². The van der Waals surface area contributed by atoms with Crippen molar-refractivity contribution in [3.8, 4) is 11.5 Å². The second kappa shape index (κ2) is 12.0. The first kappa shape index (κ1) is 24.2. The Hall–Kier alpha value is -2.05. The van der Waals surface area contributed by atoms with Crippen LogP contribution in [-0.2, 0) is 13.2 Å². The second-order valence-corrected chi connectivity index (χ2v) is 7.80. The fourth-order valence-electron chi connectivity index (χ4n) is 3.00. The standard InChI is InChI=1S/C24H26BrNO3.ClH/c1-17-8-10-18(11-9-17)16-29-24-21(25)12-19(13-23(24)28-2)14-26-15-22(27)20-6-4-3-5-7-20;/h3-13,22,26-27H,14-16H2,1-2H3;1H. The van der Waals surface area contributed by atoms with E-state index in [1.807, 2.05) is 42.5 Å². The van der Waals surface area contributed by atoms with Crippen molar-refractivity contribution < 1.29 is 14.6 Å². The van der Waals surface area contributed by atoms with Crippen LogP contribution in [0.2, 0.25) is 0 Å². The van der Waals surface area contributed by atoms with E-state index in [-0.39, 0.29) is 12.4 Å². The number of hydrogen-bond donors (Lipinski definition) is 2. The molecular weight excluding hydrogens is 466 g/mol. The predicted molar refractivity (Wildman–Crippen MR) is 127 cm³/mol. The van der Waals surface area contributed by atoms with Crippen molar-refractivity contribution in [2.75, 3.05) is 13.7 Å². The molecule has 1 unspecified atom stereocenters. The van der Waals surface area contributed by atoms with Crippen LogP contribution in [-0.4, -0.2) is 18.8 Å². The minimum Gasteiger partial charge on any atom is -0.493 e. The van der Waals surface area contributed by atoms with Gasteiger partial charge in [-0.2, -0.15) is 0 Å². The first-order valence-corrected chi connectivity index (χ1v) is 10.3. The molecule has 0 aliphatic heterocycles. The molecule has 0 bridgehead atoms. The van der Waals surface area contributed by atoms with Crippen LogP contribution in [0.3, 0.4) is 0 Å². The lowest BCUT2D eigenvalue weighted by Gasteiger charge is -2.16. The van der Waals surface area contributed by atoms with Gasteiger partial charge in [0, 0.05) is 13.1 Å². The van der Waals surface area contributed by atoms with Gasteiger partial charge in [-0.15, -0.1) is 12.4 Å². The molecule has 0 radical (unpaired) electrons. The SMILES string of the molecule is COc1cc(CNCC(O)c2ccccc2)cc(Br)c1OCc1ccc(C)cc1.Cl. The smallest absolute Gasteiger partial charge is 0.175 e. The van der Waals surface area contributed by atoms with Crippen LogP contribution in [0, 0.1) is 6.92 Å². The minimum atomic E-state index is -0.543. The fourth-order valence-corrected chi connectivity index (χ4v) is 3.61. The molecule has 0 saturated heterocycles. The first-order chi connectivity index (χ1) is 14.1. The highest BCUT2D eigenvalue weighted by molar-refractivity contribution is 9.10. The molecule has 0 aliphatic carbocycles. The molecular formula is C24H27BrClNO3. The zero-order valence-corrected chi connectivity index (χ0v) is 19.5. The third kappa shape index (κ3) is 6.74. The summed E-state index contributed by atoms with van der Waals surface area (Å²) >= 11 is 3.60. The van der Waals surface area contributed by atoms with Crippen molar-refractivity contribution in [2.24, 2.45) is 0 Å². The van der Waals surface area contributed by atoms with Gasteiger partial charge in [-0.05, 0) is 51.7 Å². The molecule has 2 N–H and O–H groups in total. The maximum Gasteiger partial charge on any atom is 0.175 e. The third-order valence-electron chi connectivity index (χ3n) is 4.64. The Morgan fingerprint density at radius 1 is 1.00 bits per heavy atom. The van der Waals surface area contributed by atoms with Crippen LogP contribution in [0.25, 0.3) is 0 Å². The summed E-state index contributed by atoms with van der Waals surface area (Å²) in [4.78, 5) is 0. The molecule has 0 amide bonds. The lowest BCUT2D eigenvalue weighted by Crippen LogP contribution is -2.21. The zero-order chi connectivity index (χ0) is 20.6. The van der Waals surface area contributed by atoms with Crippen LogP contribution in [0.15, 0.2) is 71.2 Å². The Morgan fingerprint density at radius 2 is 1.70 bits per heavy atom. The quantitative estimate of drug-likeness (QED) is 0.409. The highest BCUT2D eigenvalue weighted by Gasteiger charge is 2.13. The minimum absolute atomic E-state index is 0. The third-order valence-corrected chi connectivity index (χ3v) is 5.23. The molecule has 3 rings (SSSR count). The van der Waals surface area contributed by atoms with Crippen molar-refractivity contribution in [1.82, 2.24) is 5.32 Å². The predicted octanol–water partition coefficient (Wildman–Crippen LogP) is 5.59. The van der Waals surface area contributed by atoms with Gasteiger partial charge in [-0.3, -0.25) is 0 Å². The average Bonchev–Trinajstić information content (AvgIpc) is 2.74. The molecule has 30 heavy (non-hydrogen) atoms. The molecule has 0 saturated carbocycles. The Balaban J connectivity index is 0.00000320. The number of ether oxygens (including phenoxy) is 2. The van der Waals surface area contributed by atoms with E-state index in [9.17, 15) is 5.11 Å². The Bertz CT molecular complexity index is 920. The summed E-state index contributed by atoms with van der Waals surface area (Å²) in [6.07, 6.45) is -0.543. The second-order valence-electron chi connectivity index (χ2n) is 6.94. The zero-order valence-electron chi connectivity index (χ0n) is 17.1. The van der Waals surface area contributed by atoms with E-state index in [2.05, 4.69) is 52.4 Å². The summed E-state index contributed by atoms with van der Waals surface area (Å²) in [6.45, 7) is 3.61. The summed E-state index contributed by atoms with van der Waals surface area (Å²) in [7, 11) is 1.64. The van der Waals surface area contributed by atoms with Crippen molar-refractivity contribution in [3.63, 3.8) is 0 Å². The van der Waals surface area contributed by atoms with E-state index < -0.39 is 6.10 Å². The molecule has 6 heteroatoms. The topological polar surface area (TPSA) is 50.7 Å². The van der Waals surface area contributed by atoms with Crippen molar-refractivity contribution >= 4 is 28.3 Å². The summed E-state index contributed by atoms with van der Waals surface area (Å²) < 4.78 is 12.4. The normalized spacial score (nSPS) is 11.5. The van der Waals surface area contributed by atoms with Crippen LogP contribution < -0.4 is 14.8 Å². The van der Waals surface area contributed by atoms with Crippen molar-refractivity contribution in [1.29, 1.82) is 0 Å². The highest BCUT2D eigenvalue weighted by atomic mass is 79.9. The Kier molecular flexibility index (Phi) is 9.66. The van der Waals surface area contributed by atoms with Gasteiger partial charge in [-0.25, -0.2) is 0 Å². The van der Waals surface area contributed by atoms with Gasteiger partial charge in [0.15, 0.2) is 11.5 Å². The lowest BCUT2D eigenvalue weighted by molar-refractivity contribution is 0.174. The molecule has 0 heterocycles. The number of methoxy groups -OCH3 is 1. The molecule has 3 aromatic carbocycles. The van der Waals surface area contributed by atoms with Gasteiger partial charge in [0.25, 0.3) is 0 Å². The molecule has 1 atom stereocenters. The maximum absolute atomic E-state index is 10.3. The number of aryl methyl sites for hydroxylation is 1. The number of nitrogens with one attached hydrogen (secondary N) is 1. The van der Waals surface area contributed by atoms with Gasteiger partial charge < -0.3 is 19.9 Å². The van der Waals surface area contributed by atoms with E-state index >= 15 is 0 Å². The van der Waals surface area contributed by atoms with Gasteiger partial charge in [0.2, 0.25) is 0 Å². The molecule has 0 aromatic heterocycles. The largest absolute Gasteiger partial charge is 0.493 e. The monoisotopic (exact) mass is 491 g/mol. The molecule has 160 valence electrons. The number of hydrogen-bond acceptors (Lipinski definition) is 4. The summed E-state index contributed by atoms with van der Waals surface area (Å²) in [5, 5.41) is 13.6. The highest BCUT2D eigenvalue weighted by Crippen LogP contribution is 2.37. The van der Waals surface area contributed by atoms with Crippen molar-refractivity contribution in [2.45, 2.75) is 26.2 Å². The van der Waals surface area contributed by atoms with Crippen LogP contribution in [0.1, 0.15) is 28.4 Å². The van der Waals surface area contributed by atoms with Crippen LogP contribution in [0.4, 0.5) is 0 Å². The Labute approximate surface area is 192 Å². The van der Waals surface area contributed by atoms with E-state index in [1.54, 1.807) is 7.11 Å². The van der Waals surface area contributed by atoms with Crippen LogP contribution >= 0.6 is 28.3 Å². The number of halogens is 2. The van der Waals surface area contributed by atoms with Gasteiger partial charge in [-0.1, -0.05) is 60.2 Å².